The van der Waals surface area contributed by atoms with E-state index in [2.05, 4.69) is 10.3 Å². The number of ether oxygens (including phenoxy) is 1. The number of aromatic nitrogens is 1. The van der Waals surface area contributed by atoms with Gasteiger partial charge in [-0.25, -0.2) is 4.79 Å². The predicted molar refractivity (Wildman–Crippen MR) is 46.2 cm³/mol. The Hall–Kier alpha value is -1.58. The number of nitrogens with one attached hydrogen (secondary N) is 1. The summed E-state index contributed by atoms with van der Waals surface area (Å²) in [6, 6.07) is 5.63. The number of hydrogen-bond donors (Lipinski definition) is 1. The fourth-order valence-corrected chi connectivity index (χ4v) is 1.30. The van der Waals surface area contributed by atoms with E-state index < -0.39 is 0 Å². The molecular formula is C9H10N2O2. The van der Waals surface area contributed by atoms with Crippen molar-refractivity contribution >= 4 is 6.09 Å². The first-order chi connectivity index (χ1) is 6.25. The molecule has 2 heterocycles. The number of rotatable bonds is 1. The number of cyclic esters (lactones) is 1. The number of aryl methyl sites for hydroxylation is 1. The molecule has 68 valence electrons. The van der Waals surface area contributed by atoms with E-state index in [0.717, 1.165) is 11.4 Å². The van der Waals surface area contributed by atoms with Gasteiger partial charge in [-0.15, -0.1) is 0 Å². The molecule has 1 aliphatic rings. The molecule has 4 heteroatoms. The van der Waals surface area contributed by atoms with Crippen molar-refractivity contribution in [1.82, 2.24) is 10.3 Å². The molecular weight excluding hydrogens is 168 g/mol. The molecule has 4 nitrogen and oxygen atoms in total. The van der Waals surface area contributed by atoms with Crippen molar-refractivity contribution in [2.45, 2.75) is 13.0 Å². The van der Waals surface area contributed by atoms with Crippen LogP contribution >= 0.6 is 0 Å². The van der Waals surface area contributed by atoms with Crippen molar-refractivity contribution in [3.05, 3.63) is 29.6 Å². The van der Waals surface area contributed by atoms with Gasteiger partial charge in [-0.2, -0.15) is 0 Å². The maximum Gasteiger partial charge on any atom is 0.407 e. The Labute approximate surface area is 75.9 Å². The average molecular weight is 178 g/mol. The molecule has 0 unspecified atom stereocenters. The van der Waals surface area contributed by atoms with Crippen LogP contribution in [-0.2, 0) is 4.74 Å². The van der Waals surface area contributed by atoms with Crippen LogP contribution in [0.4, 0.5) is 4.79 Å². The molecule has 1 N–H and O–H groups in total. The van der Waals surface area contributed by atoms with E-state index in [9.17, 15) is 4.79 Å². The van der Waals surface area contributed by atoms with Gasteiger partial charge < -0.3 is 10.1 Å². The van der Waals surface area contributed by atoms with Crippen LogP contribution in [0.3, 0.4) is 0 Å². The van der Waals surface area contributed by atoms with Gasteiger partial charge in [-0.1, -0.05) is 6.07 Å². The quantitative estimate of drug-likeness (QED) is 0.702. The van der Waals surface area contributed by atoms with Crippen LogP contribution in [0.2, 0.25) is 0 Å². The Bertz CT molecular complexity index is 338. The zero-order chi connectivity index (χ0) is 9.26. The number of pyridine rings is 1. The van der Waals surface area contributed by atoms with Gasteiger partial charge in [-0.3, -0.25) is 4.98 Å². The summed E-state index contributed by atoms with van der Waals surface area (Å²) in [7, 11) is 0. The van der Waals surface area contributed by atoms with Crippen LogP contribution in [0.25, 0.3) is 0 Å². The van der Waals surface area contributed by atoms with Crippen molar-refractivity contribution in [1.29, 1.82) is 0 Å². The van der Waals surface area contributed by atoms with Gasteiger partial charge >= 0.3 is 6.09 Å². The minimum absolute atomic E-state index is 0.0904. The van der Waals surface area contributed by atoms with E-state index in [1.807, 2.05) is 25.1 Å². The van der Waals surface area contributed by atoms with Gasteiger partial charge in [0.1, 0.15) is 12.6 Å². The second kappa shape index (κ2) is 3.05. The molecule has 1 aliphatic heterocycles. The lowest BCUT2D eigenvalue weighted by atomic mass is 10.2. The molecule has 0 aromatic carbocycles. The number of hydrogen-bond acceptors (Lipinski definition) is 3. The van der Waals surface area contributed by atoms with Crippen LogP contribution < -0.4 is 5.32 Å². The summed E-state index contributed by atoms with van der Waals surface area (Å²) in [5.41, 5.74) is 1.80. The monoisotopic (exact) mass is 178 g/mol. The van der Waals surface area contributed by atoms with Crippen LogP contribution in [0.5, 0.6) is 0 Å². The summed E-state index contributed by atoms with van der Waals surface area (Å²) in [5.74, 6) is 0. The van der Waals surface area contributed by atoms with E-state index in [-0.39, 0.29) is 12.1 Å². The topological polar surface area (TPSA) is 51.2 Å². The Morgan fingerprint density at radius 2 is 2.46 bits per heavy atom. The highest BCUT2D eigenvalue weighted by atomic mass is 16.6. The SMILES string of the molecule is Cc1cccc([C@H]2COC(=O)N2)n1. The minimum atomic E-state index is -0.367. The maximum absolute atomic E-state index is 10.8. The minimum Gasteiger partial charge on any atom is -0.447 e. The van der Waals surface area contributed by atoms with E-state index in [1.165, 1.54) is 0 Å². The van der Waals surface area contributed by atoms with Gasteiger partial charge in [-0.05, 0) is 19.1 Å². The summed E-state index contributed by atoms with van der Waals surface area (Å²) in [6.45, 7) is 2.29. The Kier molecular flexibility index (Phi) is 1.88. The fraction of sp³-hybridized carbons (Fsp3) is 0.333. The van der Waals surface area contributed by atoms with Gasteiger partial charge in [0.2, 0.25) is 0 Å². The third-order valence-electron chi connectivity index (χ3n) is 1.94. The van der Waals surface area contributed by atoms with E-state index in [4.69, 9.17) is 4.74 Å². The molecule has 1 aromatic rings. The lowest BCUT2D eigenvalue weighted by molar-refractivity contribution is 0.177. The van der Waals surface area contributed by atoms with Crippen molar-refractivity contribution in [3.8, 4) is 0 Å². The summed E-state index contributed by atoms with van der Waals surface area (Å²) in [5, 5.41) is 2.67. The van der Waals surface area contributed by atoms with E-state index in [1.54, 1.807) is 0 Å². The first-order valence-electron chi connectivity index (χ1n) is 4.12. The molecule has 0 aliphatic carbocycles. The summed E-state index contributed by atoms with van der Waals surface area (Å²) < 4.78 is 4.77. The number of amides is 1. The molecule has 13 heavy (non-hydrogen) atoms. The third kappa shape index (κ3) is 1.61. The molecule has 1 saturated heterocycles. The molecule has 1 amide bonds. The normalized spacial score (nSPS) is 21.0. The van der Waals surface area contributed by atoms with Crippen LogP contribution in [0.1, 0.15) is 17.4 Å². The molecule has 0 spiro atoms. The van der Waals surface area contributed by atoms with Crippen LogP contribution in [0, 0.1) is 6.92 Å². The lowest BCUT2D eigenvalue weighted by Gasteiger charge is -2.06. The lowest BCUT2D eigenvalue weighted by Crippen LogP contribution is -2.19. The molecule has 1 atom stereocenters. The van der Waals surface area contributed by atoms with Crippen LogP contribution in [0.15, 0.2) is 18.2 Å². The zero-order valence-corrected chi connectivity index (χ0v) is 7.28. The largest absolute Gasteiger partial charge is 0.447 e. The molecule has 1 aromatic heterocycles. The van der Waals surface area contributed by atoms with Crippen molar-refractivity contribution in [2.24, 2.45) is 0 Å². The molecule has 1 fully saturated rings. The molecule has 0 radical (unpaired) electrons. The zero-order valence-electron chi connectivity index (χ0n) is 7.28. The third-order valence-corrected chi connectivity index (χ3v) is 1.94. The standard InChI is InChI=1S/C9H10N2O2/c1-6-3-2-4-7(10-6)8-5-13-9(12)11-8/h2-4,8H,5H2,1H3,(H,11,12)/t8-/m1/s1. The summed E-state index contributed by atoms with van der Waals surface area (Å²) in [4.78, 5) is 15.0. The Morgan fingerprint density at radius 3 is 3.08 bits per heavy atom. The van der Waals surface area contributed by atoms with Crippen molar-refractivity contribution < 1.29 is 9.53 Å². The molecule has 0 saturated carbocycles. The van der Waals surface area contributed by atoms with Gasteiger partial charge in [0.05, 0.1) is 5.69 Å². The number of carbonyl (C=O) groups excluding carboxylic acids is 1. The van der Waals surface area contributed by atoms with Crippen LogP contribution in [-0.4, -0.2) is 17.7 Å². The molecule has 2 rings (SSSR count). The van der Waals surface area contributed by atoms with E-state index >= 15 is 0 Å². The highest BCUT2D eigenvalue weighted by molar-refractivity contribution is 5.69. The summed E-state index contributed by atoms with van der Waals surface area (Å²) in [6.07, 6.45) is -0.367. The van der Waals surface area contributed by atoms with Gasteiger partial charge in [0, 0.05) is 5.69 Å². The maximum atomic E-state index is 10.8. The number of nitrogens with zero attached hydrogens (tertiary/aromatic N) is 1. The number of alkyl carbamates (subject to hydrolysis) is 1. The van der Waals surface area contributed by atoms with Crippen molar-refractivity contribution in [3.63, 3.8) is 0 Å². The second-order valence-corrected chi connectivity index (χ2v) is 3.00. The fourth-order valence-electron chi connectivity index (χ4n) is 1.30. The highest BCUT2D eigenvalue weighted by Gasteiger charge is 2.24. The number of carbonyl (C=O) groups is 1. The van der Waals surface area contributed by atoms with Crippen molar-refractivity contribution in [2.75, 3.05) is 6.61 Å². The summed E-state index contributed by atoms with van der Waals surface area (Å²) >= 11 is 0. The Morgan fingerprint density at radius 1 is 1.62 bits per heavy atom. The average Bonchev–Trinajstić information content (AvgIpc) is 2.52. The smallest absolute Gasteiger partial charge is 0.407 e. The first kappa shape index (κ1) is 8.04. The highest BCUT2D eigenvalue weighted by Crippen LogP contribution is 2.15. The molecule has 0 bridgehead atoms. The predicted octanol–water partition coefficient (Wildman–Crippen LogP) is 1.17. The second-order valence-electron chi connectivity index (χ2n) is 3.00. The van der Waals surface area contributed by atoms with Gasteiger partial charge in [0.25, 0.3) is 0 Å². The van der Waals surface area contributed by atoms with E-state index in [0.29, 0.717) is 6.61 Å². The first-order valence-corrected chi connectivity index (χ1v) is 4.12. The van der Waals surface area contributed by atoms with Gasteiger partial charge in [0.15, 0.2) is 0 Å². The Balaban J connectivity index is 2.21.